The van der Waals surface area contributed by atoms with Gasteiger partial charge in [0.05, 0.1) is 10.9 Å². The van der Waals surface area contributed by atoms with Gasteiger partial charge in [0.2, 0.25) is 5.91 Å². The molecule has 0 bridgehead atoms. The number of carbonyl (C=O) groups is 1. The van der Waals surface area contributed by atoms with Crippen LogP contribution in [0.2, 0.25) is 0 Å². The number of hydrogen-bond donors (Lipinski definition) is 1. The summed E-state index contributed by atoms with van der Waals surface area (Å²) >= 11 is 1.50. The number of aryl methyl sites for hydroxylation is 1. The van der Waals surface area contributed by atoms with Gasteiger partial charge in [-0.25, -0.2) is 4.99 Å². The number of nitrogens with one attached hydrogen (secondary N) is 1. The molecule has 1 N–H and O–H groups in total. The van der Waals surface area contributed by atoms with Crippen molar-refractivity contribution in [2.75, 3.05) is 0 Å². The van der Waals surface area contributed by atoms with Gasteiger partial charge in [0, 0.05) is 0 Å². The van der Waals surface area contributed by atoms with E-state index in [4.69, 9.17) is 0 Å². The number of para-hydroxylation sites is 1. The molecule has 1 atom stereocenters. The van der Waals surface area contributed by atoms with Crippen LogP contribution in [-0.2, 0) is 11.2 Å². The molecule has 0 radical (unpaired) electrons. The van der Waals surface area contributed by atoms with Gasteiger partial charge in [-0.1, -0.05) is 59.8 Å². The lowest BCUT2D eigenvalue weighted by Crippen LogP contribution is -2.25. The zero-order chi connectivity index (χ0) is 14.7. The highest BCUT2D eigenvalue weighted by atomic mass is 32.2. The Balaban J connectivity index is 1.72. The molecule has 0 aliphatic carbocycles. The van der Waals surface area contributed by atoms with Gasteiger partial charge in [-0.2, -0.15) is 0 Å². The van der Waals surface area contributed by atoms with Gasteiger partial charge in [-0.15, -0.1) is 0 Å². The predicted octanol–water partition coefficient (Wildman–Crippen LogP) is 3.46. The van der Waals surface area contributed by atoms with Gasteiger partial charge >= 0.3 is 0 Å². The lowest BCUT2D eigenvalue weighted by molar-refractivity contribution is -0.118. The molecule has 1 aliphatic rings. The number of thioether (sulfide) groups is 1. The molecule has 21 heavy (non-hydrogen) atoms. The van der Waals surface area contributed by atoms with E-state index in [1.807, 2.05) is 36.4 Å². The topological polar surface area (TPSA) is 41.5 Å². The Morgan fingerprint density at radius 2 is 1.95 bits per heavy atom. The van der Waals surface area contributed by atoms with Crippen molar-refractivity contribution < 1.29 is 4.79 Å². The van der Waals surface area contributed by atoms with E-state index in [1.54, 1.807) is 0 Å². The smallest absolute Gasteiger partial charge is 0.239 e. The van der Waals surface area contributed by atoms with Crippen molar-refractivity contribution in [3.8, 4) is 0 Å². The van der Waals surface area contributed by atoms with E-state index >= 15 is 0 Å². The fourth-order valence-electron chi connectivity index (χ4n) is 2.27. The first-order valence-electron chi connectivity index (χ1n) is 6.87. The van der Waals surface area contributed by atoms with Crippen LogP contribution in [0.1, 0.15) is 11.1 Å². The van der Waals surface area contributed by atoms with Crippen LogP contribution in [-0.4, -0.2) is 16.3 Å². The maximum atomic E-state index is 12.1. The van der Waals surface area contributed by atoms with Crippen molar-refractivity contribution in [3.05, 3.63) is 65.7 Å². The maximum absolute atomic E-state index is 12.1. The SMILES string of the molecule is Cc1cccc(C[C@@H]2SC(=Nc3ccccc3)NC2=O)c1. The fraction of sp³-hybridized carbons (Fsp3) is 0.176. The zero-order valence-corrected chi connectivity index (χ0v) is 12.6. The predicted molar refractivity (Wildman–Crippen MR) is 87.9 cm³/mol. The minimum absolute atomic E-state index is 0.0381. The Morgan fingerprint density at radius 1 is 1.14 bits per heavy atom. The van der Waals surface area contributed by atoms with Crippen LogP contribution in [0.4, 0.5) is 5.69 Å². The van der Waals surface area contributed by atoms with Crippen molar-refractivity contribution in [3.63, 3.8) is 0 Å². The maximum Gasteiger partial charge on any atom is 0.239 e. The molecule has 0 saturated carbocycles. The lowest BCUT2D eigenvalue weighted by atomic mass is 10.1. The van der Waals surface area contributed by atoms with E-state index in [0.29, 0.717) is 5.17 Å². The molecule has 1 heterocycles. The fourth-order valence-corrected chi connectivity index (χ4v) is 3.29. The Hall–Kier alpha value is -2.07. The minimum Gasteiger partial charge on any atom is -0.304 e. The van der Waals surface area contributed by atoms with Crippen molar-refractivity contribution in [1.29, 1.82) is 0 Å². The number of hydrogen-bond acceptors (Lipinski definition) is 3. The van der Waals surface area contributed by atoms with Crippen LogP contribution < -0.4 is 5.32 Å². The molecular weight excluding hydrogens is 280 g/mol. The third-order valence-electron chi connectivity index (χ3n) is 3.27. The van der Waals surface area contributed by atoms with Crippen LogP contribution in [0.5, 0.6) is 0 Å². The number of amidine groups is 1. The van der Waals surface area contributed by atoms with E-state index in [9.17, 15) is 4.79 Å². The van der Waals surface area contributed by atoms with E-state index < -0.39 is 0 Å². The zero-order valence-electron chi connectivity index (χ0n) is 11.7. The molecule has 1 aliphatic heterocycles. The van der Waals surface area contributed by atoms with E-state index in [1.165, 1.54) is 22.9 Å². The summed E-state index contributed by atoms with van der Waals surface area (Å²) in [5.74, 6) is 0.0381. The summed E-state index contributed by atoms with van der Waals surface area (Å²) < 4.78 is 0. The Bertz CT molecular complexity index is 682. The van der Waals surface area contributed by atoms with Crippen LogP contribution in [0, 0.1) is 6.92 Å². The highest BCUT2D eigenvalue weighted by molar-refractivity contribution is 8.15. The number of amides is 1. The number of nitrogens with zero attached hydrogens (tertiary/aromatic N) is 1. The monoisotopic (exact) mass is 296 g/mol. The number of carbonyl (C=O) groups excluding carboxylic acids is 1. The first-order valence-corrected chi connectivity index (χ1v) is 7.75. The Morgan fingerprint density at radius 3 is 2.71 bits per heavy atom. The first-order chi connectivity index (χ1) is 10.2. The molecule has 3 nitrogen and oxygen atoms in total. The minimum atomic E-state index is -0.103. The molecule has 106 valence electrons. The van der Waals surface area contributed by atoms with Gasteiger partial charge in [-0.3, -0.25) is 4.79 Å². The summed E-state index contributed by atoms with van der Waals surface area (Å²) in [6.45, 7) is 2.06. The van der Waals surface area contributed by atoms with Gasteiger partial charge in [0.15, 0.2) is 5.17 Å². The number of benzene rings is 2. The second-order valence-corrected chi connectivity index (χ2v) is 6.23. The van der Waals surface area contributed by atoms with E-state index in [-0.39, 0.29) is 11.2 Å². The third-order valence-corrected chi connectivity index (χ3v) is 4.35. The molecule has 4 heteroatoms. The average molecular weight is 296 g/mol. The quantitative estimate of drug-likeness (QED) is 0.942. The number of aliphatic imine (C=N–C) groups is 1. The van der Waals surface area contributed by atoms with Gasteiger partial charge in [-0.05, 0) is 31.0 Å². The van der Waals surface area contributed by atoms with Gasteiger partial charge in [0.25, 0.3) is 0 Å². The van der Waals surface area contributed by atoms with Crippen LogP contribution in [0.3, 0.4) is 0 Å². The number of rotatable bonds is 3. The highest BCUT2D eigenvalue weighted by Crippen LogP contribution is 2.25. The van der Waals surface area contributed by atoms with Crippen molar-refractivity contribution >= 4 is 28.5 Å². The van der Waals surface area contributed by atoms with Gasteiger partial charge < -0.3 is 5.32 Å². The average Bonchev–Trinajstić information content (AvgIpc) is 2.80. The standard InChI is InChI=1S/C17H16N2OS/c1-12-6-5-7-13(10-12)11-15-16(20)19-17(21-15)18-14-8-3-2-4-9-14/h2-10,15H,11H2,1H3,(H,18,19,20)/t15-/m0/s1. The summed E-state index contributed by atoms with van der Waals surface area (Å²) in [7, 11) is 0. The molecule has 2 aromatic rings. The second-order valence-electron chi connectivity index (χ2n) is 5.04. The molecule has 2 aromatic carbocycles. The van der Waals surface area contributed by atoms with Crippen molar-refractivity contribution in [2.24, 2.45) is 4.99 Å². The first kappa shape index (κ1) is 13.9. The summed E-state index contributed by atoms with van der Waals surface area (Å²) in [4.78, 5) is 16.5. The largest absolute Gasteiger partial charge is 0.304 e. The van der Waals surface area contributed by atoms with Crippen LogP contribution >= 0.6 is 11.8 Å². The molecule has 1 fully saturated rings. The van der Waals surface area contributed by atoms with Gasteiger partial charge in [0.1, 0.15) is 0 Å². The third kappa shape index (κ3) is 3.52. The molecule has 1 amide bonds. The van der Waals surface area contributed by atoms with Crippen molar-refractivity contribution in [1.82, 2.24) is 5.32 Å². The molecule has 0 spiro atoms. The van der Waals surface area contributed by atoms with Crippen LogP contribution in [0.25, 0.3) is 0 Å². The molecule has 0 aromatic heterocycles. The summed E-state index contributed by atoms with van der Waals surface area (Å²) in [5.41, 5.74) is 3.26. The van der Waals surface area contributed by atoms with Crippen LogP contribution in [0.15, 0.2) is 59.6 Å². The molecule has 0 unspecified atom stereocenters. The Labute approximate surface area is 128 Å². The summed E-state index contributed by atoms with van der Waals surface area (Å²) in [6.07, 6.45) is 0.728. The summed E-state index contributed by atoms with van der Waals surface area (Å²) in [5, 5.41) is 3.44. The highest BCUT2D eigenvalue weighted by Gasteiger charge is 2.30. The summed E-state index contributed by atoms with van der Waals surface area (Å²) in [6, 6.07) is 17.9. The second kappa shape index (κ2) is 6.14. The normalized spacial score (nSPS) is 19.8. The lowest BCUT2D eigenvalue weighted by Gasteiger charge is -2.05. The molecule has 3 rings (SSSR count). The van der Waals surface area contributed by atoms with E-state index in [2.05, 4.69) is 35.4 Å². The molecular formula is C17H16N2OS. The van der Waals surface area contributed by atoms with Crippen molar-refractivity contribution in [2.45, 2.75) is 18.6 Å². The van der Waals surface area contributed by atoms with E-state index in [0.717, 1.165) is 12.1 Å². The Kier molecular flexibility index (Phi) is 4.06. The molecule has 1 saturated heterocycles.